The molecule has 3 amide bonds. The van der Waals surface area contributed by atoms with Crippen LogP contribution >= 0.6 is 11.6 Å². The summed E-state index contributed by atoms with van der Waals surface area (Å²) in [4.78, 5) is 25.6. The molecule has 1 aromatic rings. The molecule has 8 nitrogen and oxygen atoms in total. The summed E-state index contributed by atoms with van der Waals surface area (Å²) in [5.41, 5.74) is 0. The molecule has 1 atom stereocenters. The first-order valence-electron chi connectivity index (χ1n) is 8.34. The molecule has 1 aliphatic rings. The molecule has 1 unspecified atom stereocenters. The van der Waals surface area contributed by atoms with Crippen LogP contribution in [-0.2, 0) is 14.8 Å². The van der Waals surface area contributed by atoms with Gasteiger partial charge in [0, 0.05) is 37.7 Å². The van der Waals surface area contributed by atoms with Crippen molar-refractivity contribution in [3.63, 3.8) is 0 Å². The van der Waals surface area contributed by atoms with Gasteiger partial charge in [-0.2, -0.15) is 4.31 Å². The van der Waals surface area contributed by atoms with Crippen LogP contribution < -0.4 is 10.6 Å². The average molecular weight is 403 g/mol. The van der Waals surface area contributed by atoms with E-state index in [-0.39, 0.29) is 18.0 Å². The van der Waals surface area contributed by atoms with Gasteiger partial charge >= 0.3 is 6.03 Å². The lowest BCUT2D eigenvalue weighted by molar-refractivity contribution is -0.125. The standard InChI is InChI=1S/C16H23ClN4O4S/c1-3-18-16(23)19-15(22)12(2)20-8-10-21(11-9-20)26(24,25)14-6-4-13(17)5-7-14/h4-7,12H,3,8-11H2,1-2H3,(H2,18,19,22,23). The number of rotatable bonds is 5. The van der Waals surface area contributed by atoms with Gasteiger partial charge in [-0.15, -0.1) is 0 Å². The maximum absolute atomic E-state index is 12.7. The van der Waals surface area contributed by atoms with Crippen molar-refractivity contribution in [1.29, 1.82) is 0 Å². The summed E-state index contributed by atoms with van der Waals surface area (Å²) in [6.45, 7) is 5.21. The van der Waals surface area contributed by atoms with E-state index >= 15 is 0 Å². The summed E-state index contributed by atoms with van der Waals surface area (Å²) in [6, 6.07) is 4.97. The summed E-state index contributed by atoms with van der Waals surface area (Å²) >= 11 is 5.81. The molecule has 0 bridgehead atoms. The number of carbonyl (C=O) groups excluding carboxylic acids is 2. The molecule has 0 radical (unpaired) electrons. The van der Waals surface area contributed by atoms with E-state index in [1.165, 1.54) is 16.4 Å². The minimum atomic E-state index is -3.59. The van der Waals surface area contributed by atoms with Gasteiger partial charge in [0.1, 0.15) is 0 Å². The lowest BCUT2D eigenvalue weighted by Gasteiger charge is -2.36. The Balaban J connectivity index is 1.94. The number of amides is 3. The number of nitrogens with zero attached hydrogens (tertiary/aromatic N) is 2. The third-order valence-corrected chi connectivity index (χ3v) is 6.39. The molecule has 1 heterocycles. The van der Waals surface area contributed by atoms with Crippen molar-refractivity contribution in [2.45, 2.75) is 24.8 Å². The fourth-order valence-corrected chi connectivity index (χ4v) is 4.22. The third-order valence-electron chi connectivity index (χ3n) is 4.23. The molecule has 2 rings (SSSR count). The van der Waals surface area contributed by atoms with Gasteiger partial charge in [0.25, 0.3) is 0 Å². The van der Waals surface area contributed by atoms with Crippen LogP contribution in [0.25, 0.3) is 0 Å². The van der Waals surface area contributed by atoms with E-state index in [1.54, 1.807) is 26.0 Å². The Labute approximate surface area is 158 Å². The van der Waals surface area contributed by atoms with Crippen molar-refractivity contribution in [3.8, 4) is 0 Å². The lowest BCUT2D eigenvalue weighted by atomic mass is 10.2. The van der Waals surface area contributed by atoms with Crippen molar-refractivity contribution < 1.29 is 18.0 Å². The number of halogens is 1. The zero-order chi connectivity index (χ0) is 19.3. The SMILES string of the molecule is CCNC(=O)NC(=O)C(C)N1CCN(S(=O)(=O)c2ccc(Cl)cc2)CC1. The Morgan fingerprint density at radius 3 is 2.27 bits per heavy atom. The summed E-state index contributed by atoms with van der Waals surface area (Å²) in [7, 11) is -3.59. The van der Waals surface area contributed by atoms with Crippen LogP contribution in [0.15, 0.2) is 29.2 Å². The van der Waals surface area contributed by atoms with Crippen LogP contribution in [0.2, 0.25) is 5.02 Å². The zero-order valence-electron chi connectivity index (χ0n) is 14.7. The van der Waals surface area contributed by atoms with E-state index in [9.17, 15) is 18.0 Å². The average Bonchev–Trinajstić information content (AvgIpc) is 2.61. The van der Waals surface area contributed by atoms with E-state index in [2.05, 4.69) is 10.6 Å². The van der Waals surface area contributed by atoms with E-state index in [0.29, 0.717) is 24.7 Å². The van der Waals surface area contributed by atoms with Gasteiger partial charge in [-0.1, -0.05) is 11.6 Å². The molecule has 10 heteroatoms. The molecule has 0 aromatic heterocycles. The van der Waals surface area contributed by atoms with E-state index in [4.69, 9.17) is 11.6 Å². The largest absolute Gasteiger partial charge is 0.338 e. The maximum Gasteiger partial charge on any atom is 0.321 e. The first kappa shape index (κ1) is 20.6. The Kier molecular flexibility index (Phi) is 6.99. The van der Waals surface area contributed by atoms with Gasteiger partial charge in [0.2, 0.25) is 15.9 Å². The van der Waals surface area contributed by atoms with E-state index in [0.717, 1.165) is 0 Å². The van der Waals surface area contributed by atoms with Crippen molar-refractivity contribution in [2.75, 3.05) is 32.7 Å². The number of hydrogen-bond donors (Lipinski definition) is 2. The summed E-state index contributed by atoms with van der Waals surface area (Å²) < 4.78 is 26.7. The quantitative estimate of drug-likeness (QED) is 0.761. The Hall–Kier alpha value is -1.68. The molecule has 0 saturated carbocycles. The van der Waals surface area contributed by atoms with E-state index in [1.807, 2.05) is 4.90 Å². The number of carbonyl (C=O) groups is 2. The van der Waals surface area contributed by atoms with Crippen LogP contribution in [0.5, 0.6) is 0 Å². The normalized spacial score (nSPS) is 17.5. The number of hydrogen-bond acceptors (Lipinski definition) is 5. The van der Waals surface area contributed by atoms with Gasteiger partial charge in [-0.25, -0.2) is 13.2 Å². The topological polar surface area (TPSA) is 98.8 Å². The first-order chi connectivity index (χ1) is 12.3. The van der Waals surface area contributed by atoms with Crippen LogP contribution in [0.3, 0.4) is 0 Å². The minimum Gasteiger partial charge on any atom is -0.338 e. The molecule has 2 N–H and O–H groups in total. The number of nitrogens with one attached hydrogen (secondary N) is 2. The number of imide groups is 1. The molecule has 26 heavy (non-hydrogen) atoms. The minimum absolute atomic E-state index is 0.192. The van der Waals surface area contributed by atoms with Gasteiger partial charge < -0.3 is 5.32 Å². The molecule has 0 aliphatic carbocycles. The highest BCUT2D eigenvalue weighted by atomic mass is 35.5. The molecular weight excluding hydrogens is 380 g/mol. The van der Waals surface area contributed by atoms with Gasteiger partial charge in [-0.3, -0.25) is 15.0 Å². The number of benzene rings is 1. The molecular formula is C16H23ClN4O4S. The van der Waals surface area contributed by atoms with E-state index < -0.39 is 28.0 Å². The highest BCUT2D eigenvalue weighted by Crippen LogP contribution is 2.20. The Morgan fingerprint density at radius 2 is 1.73 bits per heavy atom. The second-order valence-electron chi connectivity index (χ2n) is 5.92. The second kappa shape index (κ2) is 8.81. The first-order valence-corrected chi connectivity index (χ1v) is 10.2. The van der Waals surface area contributed by atoms with Crippen LogP contribution in [0.4, 0.5) is 4.79 Å². The monoisotopic (exact) mass is 402 g/mol. The predicted molar refractivity (Wildman–Crippen MR) is 98.5 cm³/mol. The van der Waals surface area contributed by atoms with Crippen LogP contribution in [0, 0.1) is 0 Å². The second-order valence-corrected chi connectivity index (χ2v) is 8.29. The van der Waals surface area contributed by atoms with Crippen molar-refractivity contribution in [3.05, 3.63) is 29.3 Å². The van der Waals surface area contributed by atoms with Crippen molar-refractivity contribution in [1.82, 2.24) is 19.8 Å². The number of urea groups is 1. The smallest absolute Gasteiger partial charge is 0.321 e. The number of sulfonamides is 1. The fraction of sp³-hybridized carbons (Fsp3) is 0.500. The Morgan fingerprint density at radius 1 is 1.15 bits per heavy atom. The molecule has 144 valence electrons. The van der Waals surface area contributed by atoms with Crippen molar-refractivity contribution in [2.24, 2.45) is 0 Å². The van der Waals surface area contributed by atoms with Crippen LogP contribution in [-0.4, -0.2) is 68.3 Å². The summed E-state index contributed by atoms with van der Waals surface area (Å²) in [5, 5.41) is 5.25. The molecule has 1 fully saturated rings. The van der Waals surface area contributed by atoms with Gasteiger partial charge in [0.15, 0.2) is 0 Å². The predicted octanol–water partition coefficient (Wildman–Crippen LogP) is 0.880. The molecule has 1 aliphatic heterocycles. The molecule has 0 spiro atoms. The summed E-state index contributed by atoms with van der Waals surface area (Å²) in [5.74, 6) is -0.412. The highest BCUT2D eigenvalue weighted by molar-refractivity contribution is 7.89. The lowest BCUT2D eigenvalue weighted by Crippen LogP contribution is -2.56. The van der Waals surface area contributed by atoms with Gasteiger partial charge in [-0.05, 0) is 38.1 Å². The fourth-order valence-electron chi connectivity index (χ4n) is 2.67. The molecule has 1 saturated heterocycles. The van der Waals surface area contributed by atoms with Crippen LogP contribution in [0.1, 0.15) is 13.8 Å². The van der Waals surface area contributed by atoms with Gasteiger partial charge in [0.05, 0.1) is 10.9 Å². The highest BCUT2D eigenvalue weighted by Gasteiger charge is 2.32. The maximum atomic E-state index is 12.7. The Bertz CT molecular complexity index is 746. The third kappa shape index (κ3) is 4.94. The zero-order valence-corrected chi connectivity index (χ0v) is 16.3. The molecule has 1 aromatic carbocycles. The summed E-state index contributed by atoms with van der Waals surface area (Å²) in [6.07, 6.45) is 0. The number of piperazine rings is 1. The van der Waals surface area contributed by atoms with Crippen molar-refractivity contribution >= 4 is 33.6 Å².